The third kappa shape index (κ3) is 2.25. The van der Waals surface area contributed by atoms with Crippen LogP contribution >= 0.6 is 0 Å². The van der Waals surface area contributed by atoms with Gasteiger partial charge < -0.3 is 29.1 Å². The molecule has 0 spiro atoms. The highest BCUT2D eigenvalue weighted by Crippen LogP contribution is 2.47. The molecule has 0 bridgehead atoms. The highest BCUT2D eigenvalue weighted by molar-refractivity contribution is 5.61. The number of fused-ring (bicyclic) bond motifs is 2. The summed E-state index contributed by atoms with van der Waals surface area (Å²) in [6, 6.07) is 6.96. The molecule has 132 valence electrons. The number of nitrogens with zero attached hydrogens (tertiary/aromatic N) is 1. The molecule has 8 nitrogen and oxygen atoms in total. The molecule has 3 heterocycles. The number of ether oxygens (including phenoxy) is 4. The van der Waals surface area contributed by atoms with Gasteiger partial charge in [-0.2, -0.15) is 5.26 Å². The van der Waals surface area contributed by atoms with Crippen LogP contribution in [0.5, 0.6) is 23.0 Å². The van der Waals surface area contributed by atoms with E-state index in [-0.39, 0.29) is 29.6 Å². The summed E-state index contributed by atoms with van der Waals surface area (Å²) in [5.41, 5.74) is 6.21. The van der Waals surface area contributed by atoms with Crippen molar-refractivity contribution in [3.63, 3.8) is 0 Å². The molecule has 4 rings (SSSR count). The van der Waals surface area contributed by atoms with Crippen molar-refractivity contribution in [3.8, 4) is 29.1 Å². The first-order valence-corrected chi connectivity index (χ1v) is 7.73. The van der Waals surface area contributed by atoms with E-state index < -0.39 is 11.5 Å². The zero-order valence-corrected chi connectivity index (χ0v) is 14.0. The van der Waals surface area contributed by atoms with Crippen LogP contribution in [0.15, 0.2) is 38.9 Å². The molecule has 8 heteroatoms. The van der Waals surface area contributed by atoms with E-state index in [1.807, 2.05) is 6.07 Å². The molecule has 2 aromatic rings. The molecule has 0 amide bonds. The van der Waals surface area contributed by atoms with E-state index in [1.165, 1.54) is 7.11 Å². The van der Waals surface area contributed by atoms with Gasteiger partial charge >= 0.3 is 5.63 Å². The minimum atomic E-state index is -0.774. The zero-order valence-electron chi connectivity index (χ0n) is 14.0. The van der Waals surface area contributed by atoms with Gasteiger partial charge in [-0.15, -0.1) is 0 Å². The van der Waals surface area contributed by atoms with Crippen LogP contribution in [0.25, 0.3) is 0 Å². The van der Waals surface area contributed by atoms with Crippen LogP contribution in [-0.4, -0.2) is 13.9 Å². The quantitative estimate of drug-likeness (QED) is 0.869. The number of methoxy groups -OCH3 is 1. The molecular formula is C18H14N2O6. The molecule has 0 saturated heterocycles. The van der Waals surface area contributed by atoms with E-state index in [2.05, 4.69) is 0 Å². The first-order valence-electron chi connectivity index (χ1n) is 7.73. The summed E-state index contributed by atoms with van der Waals surface area (Å²) in [6.45, 7) is 1.69. The van der Waals surface area contributed by atoms with Crippen LogP contribution in [0.3, 0.4) is 0 Å². The number of nitriles is 1. The third-order valence-corrected chi connectivity index (χ3v) is 4.27. The average molecular weight is 354 g/mol. The van der Waals surface area contributed by atoms with Gasteiger partial charge in [-0.1, -0.05) is 0 Å². The summed E-state index contributed by atoms with van der Waals surface area (Å²) in [5, 5.41) is 9.60. The van der Waals surface area contributed by atoms with Crippen LogP contribution in [0.1, 0.15) is 22.8 Å². The second kappa shape index (κ2) is 5.74. The summed E-state index contributed by atoms with van der Waals surface area (Å²) in [5.74, 6) is 1.15. The van der Waals surface area contributed by atoms with E-state index in [9.17, 15) is 10.1 Å². The summed E-state index contributed by atoms with van der Waals surface area (Å²) >= 11 is 0. The number of hydrogen-bond donors (Lipinski definition) is 1. The Bertz CT molecular complexity index is 1050. The number of nitrogens with two attached hydrogens (primary N) is 1. The zero-order chi connectivity index (χ0) is 18.4. The summed E-state index contributed by atoms with van der Waals surface area (Å²) in [4.78, 5) is 12.5. The van der Waals surface area contributed by atoms with Crippen LogP contribution in [0, 0.1) is 18.3 Å². The van der Waals surface area contributed by atoms with E-state index in [1.54, 1.807) is 25.1 Å². The van der Waals surface area contributed by atoms with Gasteiger partial charge in [0.15, 0.2) is 11.5 Å². The van der Waals surface area contributed by atoms with Crippen LogP contribution in [0.2, 0.25) is 0 Å². The van der Waals surface area contributed by atoms with E-state index in [4.69, 9.17) is 29.1 Å². The van der Waals surface area contributed by atoms with Crippen LogP contribution < -0.4 is 30.3 Å². The lowest BCUT2D eigenvalue weighted by Crippen LogP contribution is -2.26. The van der Waals surface area contributed by atoms with E-state index in [0.717, 1.165) is 0 Å². The lowest BCUT2D eigenvalue weighted by atomic mass is 9.84. The highest BCUT2D eigenvalue weighted by atomic mass is 16.7. The van der Waals surface area contributed by atoms with Crippen LogP contribution in [-0.2, 0) is 0 Å². The van der Waals surface area contributed by atoms with Gasteiger partial charge in [-0.25, -0.2) is 4.79 Å². The molecule has 0 aliphatic carbocycles. The molecule has 2 aliphatic heterocycles. The molecule has 0 radical (unpaired) electrons. The Morgan fingerprint density at radius 3 is 2.81 bits per heavy atom. The van der Waals surface area contributed by atoms with Crippen molar-refractivity contribution < 1.29 is 23.4 Å². The fourth-order valence-corrected chi connectivity index (χ4v) is 3.17. The fourth-order valence-electron chi connectivity index (χ4n) is 3.17. The minimum absolute atomic E-state index is 0.0595. The van der Waals surface area contributed by atoms with Crippen molar-refractivity contribution in [2.24, 2.45) is 5.73 Å². The van der Waals surface area contributed by atoms with Crippen molar-refractivity contribution in [2.75, 3.05) is 13.9 Å². The first-order chi connectivity index (χ1) is 12.5. The molecule has 0 unspecified atom stereocenters. The van der Waals surface area contributed by atoms with Crippen molar-refractivity contribution in [2.45, 2.75) is 12.8 Å². The van der Waals surface area contributed by atoms with Crippen molar-refractivity contribution in [3.05, 3.63) is 57.0 Å². The Labute approximate surface area is 147 Å². The molecule has 1 aromatic heterocycles. The lowest BCUT2D eigenvalue weighted by molar-refractivity contribution is 0.171. The standard InChI is InChI=1S/C18H14N2O6/c1-8-3-11-15(18(21)25-8)14(10(6-19)17(20)26-11)9-4-12(22-2)16-13(5-9)23-7-24-16/h3-5,14H,7,20H2,1-2H3/t14-/m0/s1. The Kier molecular flexibility index (Phi) is 3.51. The van der Waals surface area contributed by atoms with Gasteiger partial charge in [0.1, 0.15) is 23.2 Å². The number of hydrogen-bond acceptors (Lipinski definition) is 8. The van der Waals surface area contributed by atoms with Gasteiger partial charge in [0.2, 0.25) is 18.4 Å². The molecule has 2 aliphatic rings. The second-order valence-corrected chi connectivity index (χ2v) is 5.80. The molecular weight excluding hydrogens is 340 g/mol. The Morgan fingerprint density at radius 2 is 2.08 bits per heavy atom. The topological polar surface area (TPSA) is 117 Å². The van der Waals surface area contributed by atoms with Crippen molar-refractivity contribution >= 4 is 0 Å². The number of rotatable bonds is 2. The average Bonchev–Trinajstić information content (AvgIpc) is 3.07. The predicted octanol–water partition coefficient (Wildman–Crippen LogP) is 1.90. The second-order valence-electron chi connectivity index (χ2n) is 5.80. The molecule has 26 heavy (non-hydrogen) atoms. The van der Waals surface area contributed by atoms with Crippen LogP contribution in [0.4, 0.5) is 0 Å². The van der Waals surface area contributed by atoms with Gasteiger partial charge in [0.05, 0.1) is 18.6 Å². The minimum Gasteiger partial charge on any atom is -0.493 e. The van der Waals surface area contributed by atoms with Gasteiger partial charge in [0, 0.05) is 6.07 Å². The molecule has 1 atom stereocenters. The molecule has 0 saturated carbocycles. The van der Waals surface area contributed by atoms with Crippen molar-refractivity contribution in [1.82, 2.24) is 0 Å². The SMILES string of the molecule is COc1cc([C@H]2C(C#N)=C(N)Oc3cc(C)oc(=O)c32)cc2c1OCO2. The van der Waals surface area contributed by atoms with Gasteiger partial charge in [0.25, 0.3) is 0 Å². The predicted molar refractivity (Wildman–Crippen MR) is 88.1 cm³/mol. The Balaban J connectivity index is 1.99. The third-order valence-electron chi connectivity index (χ3n) is 4.27. The summed E-state index contributed by atoms with van der Waals surface area (Å²) in [7, 11) is 1.49. The van der Waals surface area contributed by atoms with Gasteiger partial charge in [-0.3, -0.25) is 0 Å². The van der Waals surface area contributed by atoms with Gasteiger partial charge in [-0.05, 0) is 24.6 Å². The highest BCUT2D eigenvalue weighted by Gasteiger charge is 2.36. The Morgan fingerprint density at radius 1 is 1.27 bits per heavy atom. The van der Waals surface area contributed by atoms with E-state index >= 15 is 0 Å². The summed E-state index contributed by atoms with van der Waals surface area (Å²) in [6.07, 6.45) is 0. The van der Waals surface area contributed by atoms with E-state index in [0.29, 0.717) is 28.6 Å². The normalized spacial score (nSPS) is 17.3. The number of benzene rings is 1. The monoisotopic (exact) mass is 354 g/mol. The maximum absolute atomic E-state index is 12.5. The van der Waals surface area contributed by atoms with Crippen molar-refractivity contribution in [1.29, 1.82) is 5.26 Å². The number of allylic oxidation sites excluding steroid dienone is 1. The number of aryl methyl sites for hydroxylation is 1. The Hall–Kier alpha value is -3.60. The maximum atomic E-state index is 12.5. The fraction of sp³-hybridized carbons (Fsp3) is 0.222. The molecule has 2 N–H and O–H groups in total. The largest absolute Gasteiger partial charge is 0.493 e. The smallest absolute Gasteiger partial charge is 0.343 e. The molecule has 1 aromatic carbocycles. The summed E-state index contributed by atoms with van der Waals surface area (Å²) < 4.78 is 26.9. The maximum Gasteiger partial charge on any atom is 0.343 e. The lowest BCUT2D eigenvalue weighted by Gasteiger charge is -2.25. The first kappa shape index (κ1) is 15.9. The molecule has 0 fully saturated rings.